The molecule has 0 bridgehead atoms. The summed E-state index contributed by atoms with van der Waals surface area (Å²) in [5, 5.41) is 19.9. The first-order valence-electron chi connectivity index (χ1n) is 7.07. The maximum Gasteiger partial charge on any atom is 0.307 e. The van der Waals surface area contributed by atoms with Gasteiger partial charge in [0.25, 0.3) is 0 Å². The van der Waals surface area contributed by atoms with Crippen LogP contribution < -0.4 is 0 Å². The van der Waals surface area contributed by atoms with E-state index in [0.717, 1.165) is 0 Å². The van der Waals surface area contributed by atoms with Gasteiger partial charge in [-0.3, -0.25) is 9.59 Å². The van der Waals surface area contributed by atoms with Crippen LogP contribution in [0.15, 0.2) is 12.1 Å². The second-order valence-corrected chi connectivity index (χ2v) is 6.69. The fourth-order valence-electron chi connectivity index (χ4n) is 3.53. The van der Waals surface area contributed by atoms with Gasteiger partial charge in [0.15, 0.2) is 0 Å². The first-order chi connectivity index (χ1) is 10.4. The fraction of sp³-hybridized carbons (Fsp3) is 0.467. The number of phenols is 1. The van der Waals surface area contributed by atoms with Crippen LogP contribution in [-0.2, 0) is 9.59 Å². The summed E-state index contributed by atoms with van der Waals surface area (Å²) in [6.45, 7) is 0.434. The molecule has 5 nitrogen and oxygen atoms in total. The zero-order valence-electron chi connectivity index (χ0n) is 11.6. The number of fused-ring (bicyclic) bond motifs is 1. The van der Waals surface area contributed by atoms with E-state index in [1.807, 2.05) is 0 Å². The Kier molecular flexibility index (Phi) is 3.95. The van der Waals surface area contributed by atoms with Gasteiger partial charge in [0, 0.05) is 30.5 Å². The lowest BCUT2D eigenvalue weighted by Crippen LogP contribution is -2.44. The molecule has 2 N–H and O–H groups in total. The van der Waals surface area contributed by atoms with Crippen molar-refractivity contribution in [2.75, 3.05) is 6.54 Å². The van der Waals surface area contributed by atoms with Crippen molar-refractivity contribution in [2.24, 2.45) is 5.92 Å². The van der Waals surface area contributed by atoms with Crippen molar-refractivity contribution in [3.8, 4) is 5.75 Å². The van der Waals surface area contributed by atoms with Gasteiger partial charge in [0.2, 0.25) is 5.91 Å². The van der Waals surface area contributed by atoms with Crippen molar-refractivity contribution in [1.29, 1.82) is 0 Å². The van der Waals surface area contributed by atoms with Crippen molar-refractivity contribution < 1.29 is 19.8 Å². The number of benzene rings is 1. The van der Waals surface area contributed by atoms with Gasteiger partial charge in [-0.15, -0.1) is 0 Å². The molecular formula is C15H15Cl2NO4. The molecule has 2 heterocycles. The number of piperidine rings is 1. The monoisotopic (exact) mass is 343 g/mol. The van der Waals surface area contributed by atoms with E-state index < -0.39 is 11.9 Å². The molecule has 2 aliphatic rings. The van der Waals surface area contributed by atoms with E-state index in [2.05, 4.69) is 0 Å². The highest BCUT2D eigenvalue weighted by Gasteiger charge is 2.44. The summed E-state index contributed by atoms with van der Waals surface area (Å²) < 4.78 is 0. The summed E-state index contributed by atoms with van der Waals surface area (Å²) in [6, 6.07) is 2.89. The smallest absolute Gasteiger partial charge is 0.307 e. The molecule has 0 spiro atoms. The minimum absolute atomic E-state index is 0.0355. The van der Waals surface area contributed by atoms with Crippen molar-refractivity contribution in [3.05, 3.63) is 27.7 Å². The van der Waals surface area contributed by atoms with Crippen LogP contribution in [0.5, 0.6) is 5.75 Å². The molecule has 0 saturated carbocycles. The molecule has 3 atom stereocenters. The molecule has 1 aromatic rings. The SMILES string of the molecule is O=C(O)C1CC(=O)N2C[C@@H](c3c(O)ccc(Cl)c3Cl)C[C@H]2C1. The number of aliphatic carboxylic acids is 1. The number of carbonyl (C=O) groups is 2. The molecule has 0 aromatic heterocycles. The number of carbonyl (C=O) groups excluding carboxylic acids is 1. The van der Waals surface area contributed by atoms with Crippen LogP contribution in [0.1, 0.15) is 30.7 Å². The number of hydrogen-bond acceptors (Lipinski definition) is 3. The van der Waals surface area contributed by atoms with Crippen LogP contribution in [0.25, 0.3) is 0 Å². The Labute approximate surface area is 137 Å². The Morgan fingerprint density at radius 1 is 1.27 bits per heavy atom. The Bertz CT molecular complexity index is 649. The van der Waals surface area contributed by atoms with E-state index >= 15 is 0 Å². The van der Waals surface area contributed by atoms with Gasteiger partial charge in [-0.25, -0.2) is 0 Å². The van der Waals surface area contributed by atoms with E-state index in [4.69, 9.17) is 28.3 Å². The predicted molar refractivity (Wildman–Crippen MR) is 81.3 cm³/mol. The topological polar surface area (TPSA) is 77.8 Å². The van der Waals surface area contributed by atoms with Crippen molar-refractivity contribution >= 4 is 35.1 Å². The largest absolute Gasteiger partial charge is 0.508 e. The first kappa shape index (κ1) is 15.4. The van der Waals surface area contributed by atoms with Gasteiger partial charge in [0.05, 0.1) is 16.0 Å². The number of aromatic hydroxyl groups is 1. The standard InChI is InChI=1S/C15H15Cl2NO4/c16-10-1-2-11(19)13(14(10)17)8-4-9-3-7(15(21)22)5-12(20)18(9)6-8/h1-2,7-9,19H,3-6H2,(H,21,22)/t7?,8-,9+/m0/s1. The lowest BCUT2D eigenvalue weighted by atomic mass is 9.88. The molecule has 0 radical (unpaired) electrons. The summed E-state index contributed by atoms with van der Waals surface area (Å²) in [7, 11) is 0. The Hall–Kier alpha value is -1.46. The van der Waals surface area contributed by atoms with Gasteiger partial charge < -0.3 is 15.1 Å². The van der Waals surface area contributed by atoms with Gasteiger partial charge >= 0.3 is 5.97 Å². The molecule has 2 saturated heterocycles. The minimum atomic E-state index is -0.930. The van der Waals surface area contributed by atoms with E-state index in [-0.39, 0.29) is 30.0 Å². The Balaban J connectivity index is 1.88. The van der Waals surface area contributed by atoms with Crippen LogP contribution in [0.4, 0.5) is 0 Å². The third kappa shape index (κ3) is 2.52. The molecule has 2 fully saturated rings. The highest BCUT2D eigenvalue weighted by Crippen LogP contribution is 2.45. The van der Waals surface area contributed by atoms with Crippen molar-refractivity contribution in [3.63, 3.8) is 0 Å². The second-order valence-electron chi connectivity index (χ2n) is 5.90. The van der Waals surface area contributed by atoms with Crippen LogP contribution in [0.2, 0.25) is 10.0 Å². The summed E-state index contributed by atoms with van der Waals surface area (Å²) >= 11 is 12.2. The number of nitrogens with zero attached hydrogens (tertiary/aromatic N) is 1. The number of phenolic OH excluding ortho intramolecular Hbond substituents is 1. The van der Waals surface area contributed by atoms with Crippen LogP contribution in [-0.4, -0.2) is 39.6 Å². The zero-order chi connectivity index (χ0) is 16.0. The highest BCUT2D eigenvalue weighted by molar-refractivity contribution is 6.42. The summed E-state index contributed by atoms with van der Waals surface area (Å²) in [5.74, 6) is -1.78. The lowest BCUT2D eigenvalue weighted by Gasteiger charge is -2.32. The normalized spacial score (nSPS) is 27.8. The molecule has 2 aliphatic heterocycles. The molecule has 3 rings (SSSR count). The van der Waals surface area contributed by atoms with Gasteiger partial charge in [-0.05, 0) is 25.0 Å². The molecule has 22 heavy (non-hydrogen) atoms. The summed E-state index contributed by atoms with van der Waals surface area (Å²) in [4.78, 5) is 25.0. The van der Waals surface area contributed by atoms with E-state index in [9.17, 15) is 14.7 Å². The minimum Gasteiger partial charge on any atom is -0.508 e. The number of rotatable bonds is 2. The van der Waals surface area contributed by atoms with Crippen LogP contribution in [0.3, 0.4) is 0 Å². The highest BCUT2D eigenvalue weighted by atomic mass is 35.5. The molecule has 1 unspecified atom stereocenters. The van der Waals surface area contributed by atoms with E-state index in [0.29, 0.717) is 35.0 Å². The second kappa shape index (κ2) is 5.63. The maximum atomic E-state index is 12.1. The summed E-state index contributed by atoms with van der Waals surface area (Å²) in [5.41, 5.74) is 0.545. The van der Waals surface area contributed by atoms with Gasteiger partial charge in [-0.2, -0.15) is 0 Å². The van der Waals surface area contributed by atoms with E-state index in [1.165, 1.54) is 12.1 Å². The predicted octanol–water partition coefficient (Wildman–Crippen LogP) is 2.88. The number of hydrogen-bond donors (Lipinski definition) is 2. The van der Waals surface area contributed by atoms with Crippen LogP contribution in [0, 0.1) is 5.92 Å². The van der Waals surface area contributed by atoms with Crippen molar-refractivity contribution in [1.82, 2.24) is 4.90 Å². The first-order valence-corrected chi connectivity index (χ1v) is 7.83. The maximum absolute atomic E-state index is 12.1. The number of halogens is 2. The Morgan fingerprint density at radius 2 is 2.00 bits per heavy atom. The molecule has 7 heteroatoms. The van der Waals surface area contributed by atoms with Crippen molar-refractivity contribution in [2.45, 2.75) is 31.2 Å². The number of carboxylic acid groups (broad SMARTS) is 1. The average Bonchev–Trinajstić information content (AvgIpc) is 2.87. The average molecular weight is 344 g/mol. The van der Waals surface area contributed by atoms with Gasteiger partial charge in [0.1, 0.15) is 5.75 Å². The fourth-order valence-corrected chi connectivity index (χ4v) is 4.01. The molecule has 0 aliphatic carbocycles. The molecule has 118 valence electrons. The molecule has 1 aromatic carbocycles. The van der Waals surface area contributed by atoms with Gasteiger partial charge in [-0.1, -0.05) is 23.2 Å². The molecule has 1 amide bonds. The quantitative estimate of drug-likeness (QED) is 0.865. The third-order valence-corrected chi connectivity index (χ3v) is 5.40. The lowest BCUT2D eigenvalue weighted by molar-refractivity contribution is -0.150. The number of amides is 1. The molecular weight excluding hydrogens is 329 g/mol. The zero-order valence-corrected chi connectivity index (χ0v) is 13.1. The van der Waals surface area contributed by atoms with Crippen LogP contribution >= 0.6 is 23.2 Å². The summed E-state index contributed by atoms with van der Waals surface area (Å²) in [6.07, 6.45) is 1.06. The van der Waals surface area contributed by atoms with E-state index in [1.54, 1.807) is 4.90 Å². The third-order valence-electron chi connectivity index (χ3n) is 4.58. The Morgan fingerprint density at radius 3 is 2.68 bits per heavy atom. The number of carboxylic acids is 1.